The monoisotopic (exact) mass is 250 g/mol. The maximum atomic E-state index is 6.24. The number of nitrogens with two attached hydrogens (primary N) is 1. The second-order valence-corrected chi connectivity index (χ2v) is 4.89. The van der Waals surface area contributed by atoms with Crippen LogP contribution in [0.3, 0.4) is 0 Å². The molecule has 1 saturated carbocycles. The van der Waals surface area contributed by atoms with E-state index in [9.17, 15) is 0 Å². The molecule has 1 atom stereocenters. The van der Waals surface area contributed by atoms with Gasteiger partial charge < -0.3 is 20.1 Å². The second-order valence-electron chi connectivity index (χ2n) is 4.89. The van der Waals surface area contributed by atoms with Crippen LogP contribution in [0.2, 0.25) is 0 Å². The van der Waals surface area contributed by atoms with Gasteiger partial charge in [0.1, 0.15) is 0 Å². The van der Waals surface area contributed by atoms with E-state index >= 15 is 0 Å². The Morgan fingerprint density at radius 1 is 1.28 bits per heavy atom. The molecule has 4 nitrogen and oxygen atoms in total. The molecule has 1 fully saturated rings. The summed E-state index contributed by atoms with van der Waals surface area (Å²) >= 11 is 0. The van der Waals surface area contributed by atoms with Crippen LogP contribution in [0, 0.1) is 0 Å². The maximum absolute atomic E-state index is 6.24. The summed E-state index contributed by atoms with van der Waals surface area (Å²) in [6.45, 7) is 0.875. The van der Waals surface area contributed by atoms with E-state index < -0.39 is 0 Å². The lowest BCUT2D eigenvalue weighted by atomic mass is 10.1. The van der Waals surface area contributed by atoms with Crippen LogP contribution in [-0.4, -0.2) is 38.8 Å². The highest BCUT2D eigenvalue weighted by atomic mass is 16.5. The molecule has 1 aromatic rings. The normalized spacial score (nSPS) is 16.7. The number of likely N-dealkylation sites (N-methyl/N-ethyl adjacent to an activating group) is 1. The Morgan fingerprint density at radius 2 is 1.94 bits per heavy atom. The zero-order valence-corrected chi connectivity index (χ0v) is 11.3. The van der Waals surface area contributed by atoms with Crippen LogP contribution in [0.25, 0.3) is 0 Å². The molecule has 0 heterocycles. The van der Waals surface area contributed by atoms with Crippen LogP contribution >= 0.6 is 0 Å². The molecule has 0 spiro atoms. The minimum atomic E-state index is 0.00964. The fourth-order valence-electron chi connectivity index (χ4n) is 2.16. The third-order valence-corrected chi connectivity index (χ3v) is 3.49. The van der Waals surface area contributed by atoms with Crippen molar-refractivity contribution in [3.8, 4) is 11.5 Å². The Balaban J connectivity index is 2.06. The summed E-state index contributed by atoms with van der Waals surface area (Å²) < 4.78 is 10.5. The summed E-state index contributed by atoms with van der Waals surface area (Å²) in [4.78, 5) is 2.33. The van der Waals surface area contributed by atoms with Gasteiger partial charge in [-0.3, -0.25) is 0 Å². The quantitative estimate of drug-likeness (QED) is 0.836. The molecule has 1 unspecified atom stereocenters. The van der Waals surface area contributed by atoms with Gasteiger partial charge in [-0.1, -0.05) is 6.07 Å². The van der Waals surface area contributed by atoms with Gasteiger partial charge in [0.05, 0.1) is 14.2 Å². The van der Waals surface area contributed by atoms with Crippen molar-refractivity contribution in [3.63, 3.8) is 0 Å². The Bertz CT molecular complexity index is 405. The van der Waals surface area contributed by atoms with E-state index in [4.69, 9.17) is 15.2 Å². The van der Waals surface area contributed by atoms with Crippen LogP contribution in [0.1, 0.15) is 24.4 Å². The number of hydrogen-bond acceptors (Lipinski definition) is 4. The summed E-state index contributed by atoms with van der Waals surface area (Å²) in [5, 5.41) is 0. The number of rotatable bonds is 6. The van der Waals surface area contributed by atoms with Gasteiger partial charge in [-0.15, -0.1) is 0 Å². The average molecular weight is 250 g/mol. The third kappa shape index (κ3) is 2.94. The van der Waals surface area contributed by atoms with E-state index in [1.807, 2.05) is 18.2 Å². The molecule has 0 saturated heterocycles. The smallest absolute Gasteiger partial charge is 0.161 e. The summed E-state index contributed by atoms with van der Waals surface area (Å²) in [6.07, 6.45) is 2.60. The molecule has 0 radical (unpaired) electrons. The van der Waals surface area contributed by atoms with Gasteiger partial charge in [-0.05, 0) is 37.6 Å². The van der Waals surface area contributed by atoms with Gasteiger partial charge in [-0.2, -0.15) is 0 Å². The highest BCUT2D eigenvalue weighted by molar-refractivity contribution is 5.43. The van der Waals surface area contributed by atoms with Crippen molar-refractivity contribution >= 4 is 0 Å². The van der Waals surface area contributed by atoms with E-state index in [0.29, 0.717) is 0 Å². The van der Waals surface area contributed by atoms with Gasteiger partial charge >= 0.3 is 0 Å². The topological polar surface area (TPSA) is 47.7 Å². The van der Waals surface area contributed by atoms with E-state index in [2.05, 4.69) is 11.9 Å². The largest absolute Gasteiger partial charge is 0.493 e. The number of methoxy groups -OCH3 is 2. The van der Waals surface area contributed by atoms with Crippen molar-refractivity contribution in [2.45, 2.75) is 24.9 Å². The molecule has 18 heavy (non-hydrogen) atoms. The summed E-state index contributed by atoms with van der Waals surface area (Å²) in [5.74, 6) is 1.48. The van der Waals surface area contributed by atoms with Crippen LogP contribution in [-0.2, 0) is 0 Å². The van der Waals surface area contributed by atoms with E-state index in [0.717, 1.165) is 29.6 Å². The Hall–Kier alpha value is -1.26. The molecule has 1 aromatic carbocycles. The highest BCUT2D eigenvalue weighted by Crippen LogP contribution is 2.31. The zero-order valence-electron chi connectivity index (χ0n) is 11.3. The van der Waals surface area contributed by atoms with Crippen molar-refractivity contribution in [2.75, 3.05) is 27.8 Å². The minimum absolute atomic E-state index is 0.00964. The molecular formula is C14H22N2O2. The SMILES string of the molecule is COc1ccc(C(N)CN(C)C2CC2)cc1OC. The second kappa shape index (κ2) is 5.59. The summed E-state index contributed by atoms with van der Waals surface area (Å²) in [5.41, 5.74) is 7.32. The molecule has 1 aliphatic carbocycles. The van der Waals surface area contributed by atoms with Crippen LogP contribution in [0.15, 0.2) is 18.2 Å². The zero-order chi connectivity index (χ0) is 13.1. The van der Waals surface area contributed by atoms with Gasteiger partial charge in [0, 0.05) is 18.6 Å². The number of hydrogen-bond donors (Lipinski definition) is 1. The van der Waals surface area contributed by atoms with Gasteiger partial charge in [0.2, 0.25) is 0 Å². The Labute approximate surface area is 109 Å². The van der Waals surface area contributed by atoms with Crippen LogP contribution < -0.4 is 15.2 Å². The molecule has 4 heteroatoms. The summed E-state index contributed by atoms with van der Waals surface area (Å²) in [6, 6.07) is 6.62. The molecule has 2 N–H and O–H groups in total. The Kier molecular flexibility index (Phi) is 4.09. The van der Waals surface area contributed by atoms with Crippen LogP contribution in [0.4, 0.5) is 0 Å². The lowest BCUT2D eigenvalue weighted by Gasteiger charge is -2.21. The number of ether oxygens (including phenoxy) is 2. The first-order valence-corrected chi connectivity index (χ1v) is 6.33. The highest BCUT2D eigenvalue weighted by Gasteiger charge is 2.27. The van der Waals surface area contributed by atoms with Gasteiger partial charge in [0.15, 0.2) is 11.5 Å². The lowest BCUT2D eigenvalue weighted by Crippen LogP contribution is -2.30. The first-order chi connectivity index (χ1) is 8.65. The minimum Gasteiger partial charge on any atom is -0.493 e. The first kappa shape index (κ1) is 13.2. The third-order valence-electron chi connectivity index (χ3n) is 3.49. The molecule has 0 amide bonds. The van der Waals surface area contributed by atoms with Gasteiger partial charge in [-0.25, -0.2) is 0 Å². The lowest BCUT2D eigenvalue weighted by molar-refractivity contribution is 0.302. The fourth-order valence-corrected chi connectivity index (χ4v) is 2.16. The molecule has 2 rings (SSSR count). The molecule has 1 aliphatic rings. The van der Waals surface area contributed by atoms with Crippen LogP contribution in [0.5, 0.6) is 11.5 Å². The number of nitrogens with zero attached hydrogens (tertiary/aromatic N) is 1. The Morgan fingerprint density at radius 3 is 2.50 bits per heavy atom. The number of benzene rings is 1. The maximum Gasteiger partial charge on any atom is 0.161 e. The van der Waals surface area contributed by atoms with E-state index in [-0.39, 0.29) is 6.04 Å². The van der Waals surface area contributed by atoms with Gasteiger partial charge in [0.25, 0.3) is 0 Å². The predicted octanol–water partition coefficient (Wildman–Crippen LogP) is 1.80. The average Bonchev–Trinajstić information content (AvgIpc) is 3.22. The summed E-state index contributed by atoms with van der Waals surface area (Å²) in [7, 11) is 5.42. The fraction of sp³-hybridized carbons (Fsp3) is 0.571. The first-order valence-electron chi connectivity index (χ1n) is 6.33. The molecule has 0 aliphatic heterocycles. The van der Waals surface area contributed by atoms with Crippen molar-refractivity contribution in [1.82, 2.24) is 4.90 Å². The molecular weight excluding hydrogens is 228 g/mol. The van der Waals surface area contributed by atoms with Crippen molar-refractivity contribution in [2.24, 2.45) is 5.73 Å². The van der Waals surface area contributed by atoms with E-state index in [1.165, 1.54) is 12.8 Å². The molecule has 100 valence electrons. The van der Waals surface area contributed by atoms with Crippen molar-refractivity contribution < 1.29 is 9.47 Å². The molecule has 0 bridgehead atoms. The predicted molar refractivity (Wildman–Crippen MR) is 72.1 cm³/mol. The standard InChI is InChI=1S/C14H22N2O2/c1-16(11-5-6-11)9-12(15)10-4-7-13(17-2)14(8-10)18-3/h4,7-8,11-12H,5-6,9,15H2,1-3H3. The van der Waals surface area contributed by atoms with Crippen molar-refractivity contribution in [1.29, 1.82) is 0 Å². The van der Waals surface area contributed by atoms with Crippen molar-refractivity contribution in [3.05, 3.63) is 23.8 Å². The van der Waals surface area contributed by atoms with E-state index in [1.54, 1.807) is 14.2 Å². The molecule has 0 aromatic heterocycles.